The van der Waals surface area contributed by atoms with Crippen LogP contribution in [0.25, 0.3) is 72.7 Å². The van der Waals surface area contributed by atoms with Gasteiger partial charge in [0.1, 0.15) is 11.6 Å². The van der Waals surface area contributed by atoms with Crippen LogP contribution in [0.2, 0.25) is 0 Å². The van der Waals surface area contributed by atoms with E-state index in [0.29, 0.717) is 55.9 Å². The number of rotatable bonds is 6. The Morgan fingerprint density at radius 3 is 2.00 bits per heavy atom. The van der Waals surface area contributed by atoms with E-state index < -0.39 is 60.1 Å². The van der Waals surface area contributed by atoms with Gasteiger partial charge in [0, 0.05) is 32.7 Å². The molecule has 0 saturated carbocycles. The van der Waals surface area contributed by atoms with Crippen LogP contribution in [0.5, 0.6) is 5.75 Å². The van der Waals surface area contributed by atoms with Gasteiger partial charge in [-0.3, -0.25) is 9.55 Å². The van der Waals surface area contributed by atoms with Crippen molar-refractivity contribution >= 4 is 11.0 Å². The van der Waals surface area contributed by atoms with Crippen molar-refractivity contribution < 1.29 is 20.2 Å². The second-order valence-corrected chi connectivity index (χ2v) is 18.2. The molecule has 0 fully saturated rings. The molecule has 0 amide bonds. The summed E-state index contributed by atoms with van der Waals surface area (Å²) in [4.78, 5) is 9.87. The molecule has 296 valence electrons. The van der Waals surface area contributed by atoms with E-state index in [1.54, 1.807) is 18.2 Å². The molecule has 0 aliphatic heterocycles. The van der Waals surface area contributed by atoms with E-state index in [1.807, 2.05) is 125 Å². The first-order chi connectivity index (χ1) is 32.5. The van der Waals surface area contributed by atoms with Crippen LogP contribution < -0.4 is 0 Å². The van der Waals surface area contributed by atoms with Gasteiger partial charge in [-0.05, 0) is 116 Å². The molecule has 0 aliphatic carbocycles. The molecule has 2 heterocycles. The van der Waals surface area contributed by atoms with Gasteiger partial charge in [-0.25, -0.2) is 4.98 Å². The molecule has 2 aromatic heterocycles. The van der Waals surface area contributed by atoms with Crippen molar-refractivity contribution in [3.8, 4) is 67.5 Å². The smallest absolute Gasteiger partial charge is 0.149 e. The first kappa shape index (κ1) is 28.2. The predicted molar refractivity (Wildman–Crippen MR) is 249 cm³/mol. The standard InChI is InChI=1S/C55H55N3O/c1-35-26-39(37-20-15-12-16-21-37)31-44(27-35)58-49-23-17-22-45(50(49)57-52(58)46-33-43(54(5,6)7)34-47(51(46)59)55(8,9)10)40-28-41(30-42(29-40)53(2,3)4)48-32-38(24-25-56-48)36-18-13-11-14-19-36/h11-34,59H,1-10H3/i1D3,11D,13D,14D,18D,19D,24D,25D,32D. The molecule has 0 unspecified atom stereocenters. The molecule has 0 saturated heterocycles. The highest BCUT2D eigenvalue weighted by atomic mass is 16.3. The Hall–Kier alpha value is -6.26. The molecule has 0 radical (unpaired) electrons. The average Bonchev–Trinajstić information content (AvgIpc) is 3.68. The molecule has 0 bridgehead atoms. The third-order valence-corrected chi connectivity index (χ3v) is 10.7. The summed E-state index contributed by atoms with van der Waals surface area (Å²) in [5.41, 5.74) is 5.80. The summed E-state index contributed by atoms with van der Waals surface area (Å²) >= 11 is 0. The van der Waals surface area contributed by atoms with Gasteiger partial charge in [0.25, 0.3) is 0 Å². The Balaban J connectivity index is 1.49. The number of nitrogens with zero attached hydrogens (tertiary/aromatic N) is 3. The highest BCUT2D eigenvalue weighted by molar-refractivity contribution is 5.97. The largest absolute Gasteiger partial charge is 0.507 e. The van der Waals surface area contributed by atoms with Crippen LogP contribution >= 0.6 is 0 Å². The van der Waals surface area contributed by atoms with Gasteiger partial charge in [0.15, 0.2) is 0 Å². The van der Waals surface area contributed by atoms with Crippen LogP contribution in [0.1, 0.15) is 99.6 Å². The van der Waals surface area contributed by atoms with Crippen LogP contribution in [0.3, 0.4) is 0 Å². The lowest BCUT2D eigenvalue weighted by Gasteiger charge is -2.27. The van der Waals surface area contributed by atoms with Gasteiger partial charge in [0.2, 0.25) is 0 Å². The van der Waals surface area contributed by atoms with Crippen LogP contribution in [0.4, 0.5) is 0 Å². The molecule has 0 spiro atoms. The van der Waals surface area contributed by atoms with E-state index in [0.717, 1.165) is 16.7 Å². The summed E-state index contributed by atoms with van der Waals surface area (Å²) in [7, 11) is 0. The summed E-state index contributed by atoms with van der Waals surface area (Å²) in [6.07, 6.45) is -0.540. The zero-order valence-electron chi connectivity index (χ0n) is 46.0. The number of phenolic OH excluding ortho intramolecular Hbond substituents is 1. The topological polar surface area (TPSA) is 50.9 Å². The molecule has 0 aliphatic rings. The summed E-state index contributed by atoms with van der Waals surface area (Å²) < 4.78 is 97.2. The Morgan fingerprint density at radius 2 is 1.31 bits per heavy atom. The minimum absolute atomic E-state index is 0.0258. The number of pyridine rings is 1. The van der Waals surface area contributed by atoms with Crippen LogP contribution in [-0.2, 0) is 16.2 Å². The third kappa shape index (κ3) is 7.84. The summed E-state index contributed by atoms with van der Waals surface area (Å²) in [6.45, 7) is 16.0. The number of phenols is 1. The number of hydrogen-bond acceptors (Lipinski definition) is 3. The molecule has 8 rings (SSSR count). The minimum Gasteiger partial charge on any atom is -0.507 e. The molecule has 1 N–H and O–H groups in total. The lowest BCUT2D eigenvalue weighted by molar-refractivity contribution is 0.446. The zero-order valence-corrected chi connectivity index (χ0v) is 35.0. The fraction of sp³-hybridized carbons (Fsp3) is 0.236. The number of imidazole rings is 1. The number of benzene rings is 6. The fourth-order valence-corrected chi connectivity index (χ4v) is 7.43. The van der Waals surface area contributed by atoms with Crippen molar-refractivity contribution in [1.29, 1.82) is 0 Å². The second kappa shape index (κ2) is 14.8. The fourth-order valence-electron chi connectivity index (χ4n) is 7.43. The number of para-hydroxylation sites is 1. The van der Waals surface area contributed by atoms with Gasteiger partial charge in [-0.1, -0.05) is 153 Å². The summed E-state index contributed by atoms with van der Waals surface area (Å²) in [5, 5.41) is 12.5. The van der Waals surface area contributed by atoms with Gasteiger partial charge < -0.3 is 5.11 Å². The zero-order chi connectivity index (χ0) is 51.3. The maximum atomic E-state index is 12.5. The van der Waals surface area contributed by atoms with Crippen molar-refractivity contribution in [1.82, 2.24) is 14.5 Å². The van der Waals surface area contributed by atoms with E-state index >= 15 is 0 Å². The van der Waals surface area contributed by atoms with Crippen molar-refractivity contribution in [3.63, 3.8) is 0 Å². The Morgan fingerprint density at radius 1 is 0.593 bits per heavy atom. The number of aryl methyl sites for hydroxylation is 1. The monoisotopic (exact) mass is 785 g/mol. The maximum absolute atomic E-state index is 12.5. The lowest BCUT2D eigenvalue weighted by Crippen LogP contribution is -2.17. The molecule has 4 nitrogen and oxygen atoms in total. The Labute approximate surface area is 365 Å². The van der Waals surface area contributed by atoms with E-state index in [-0.39, 0.29) is 39.6 Å². The molecule has 4 heteroatoms. The van der Waals surface area contributed by atoms with Crippen LogP contribution in [0.15, 0.2) is 146 Å². The van der Waals surface area contributed by atoms with Gasteiger partial charge in [-0.2, -0.15) is 0 Å². The average molecular weight is 785 g/mol. The van der Waals surface area contributed by atoms with Crippen molar-refractivity contribution in [3.05, 3.63) is 168 Å². The van der Waals surface area contributed by atoms with E-state index in [4.69, 9.17) is 18.7 Å². The highest BCUT2D eigenvalue weighted by Gasteiger charge is 2.29. The first-order valence-corrected chi connectivity index (χ1v) is 19.8. The number of fused-ring (bicyclic) bond motifs is 1. The van der Waals surface area contributed by atoms with Crippen molar-refractivity contribution in [2.75, 3.05) is 0 Å². The van der Waals surface area contributed by atoms with E-state index in [2.05, 4.69) is 25.8 Å². The minimum atomic E-state index is -2.48. The van der Waals surface area contributed by atoms with Gasteiger partial charge >= 0.3 is 0 Å². The highest BCUT2D eigenvalue weighted by Crippen LogP contribution is 2.45. The van der Waals surface area contributed by atoms with Gasteiger partial charge in [-0.15, -0.1) is 0 Å². The summed E-state index contributed by atoms with van der Waals surface area (Å²) in [6, 6.07) is 26.1. The van der Waals surface area contributed by atoms with Crippen molar-refractivity contribution in [2.45, 2.75) is 85.4 Å². The van der Waals surface area contributed by atoms with Crippen molar-refractivity contribution in [2.24, 2.45) is 0 Å². The third-order valence-electron chi connectivity index (χ3n) is 10.7. The normalized spacial score (nSPS) is 15.2. The number of aromatic nitrogens is 3. The quantitative estimate of drug-likeness (QED) is 0.183. The lowest BCUT2D eigenvalue weighted by atomic mass is 9.79. The Kier molecular flexibility index (Phi) is 7.10. The Bertz CT molecular complexity index is 3380. The van der Waals surface area contributed by atoms with E-state index in [9.17, 15) is 6.48 Å². The predicted octanol–water partition coefficient (Wildman–Crippen LogP) is 14.7. The van der Waals surface area contributed by atoms with Gasteiger partial charge in [0.05, 0.1) is 33.3 Å². The van der Waals surface area contributed by atoms with E-state index in [1.165, 1.54) is 0 Å². The number of aromatic hydroxyl groups is 1. The molecular weight excluding hydrogens is 719 g/mol. The first-order valence-electron chi connectivity index (χ1n) is 25.3. The second-order valence-electron chi connectivity index (χ2n) is 18.2. The molecule has 6 aromatic carbocycles. The molecule has 8 aromatic rings. The summed E-state index contributed by atoms with van der Waals surface area (Å²) in [5.74, 6) is 0.410. The molecule has 0 atom stereocenters. The van der Waals surface area contributed by atoms with Crippen LogP contribution in [0, 0.1) is 6.85 Å². The van der Waals surface area contributed by atoms with Crippen LogP contribution in [-0.4, -0.2) is 19.6 Å². The molecular formula is C55H55N3O. The number of hydrogen-bond donors (Lipinski definition) is 1. The molecule has 59 heavy (non-hydrogen) atoms. The maximum Gasteiger partial charge on any atom is 0.149 e. The SMILES string of the molecule is [2H]c1nc(-c2cc(-c3cccc4c3nc(-c3cc(C(C)(C)C)cc(C(C)(C)C)c3O)n4-c3cc(-c4ccccc4)cc(C([2H])([2H])[2H])c3)cc(C(C)(C)C)c2)c([2H])c(-c2c([2H])c([2H])c([2H])c([2H])c2[2H])c1[2H].